The summed E-state index contributed by atoms with van der Waals surface area (Å²) in [5.41, 5.74) is 0.644. The topological polar surface area (TPSA) is 67.8 Å². The van der Waals surface area contributed by atoms with Gasteiger partial charge in [-0.15, -0.1) is 11.3 Å². The number of amides is 1. The van der Waals surface area contributed by atoms with Crippen molar-refractivity contribution in [2.45, 2.75) is 6.10 Å². The van der Waals surface area contributed by atoms with Gasteiger partial charge in [-0.1, -0.05) is 12.1 Å². The largest absolute Gasteiger partial charge is 0.493 e. The van der Waals surface area contributed by atoms with E-state index in [2.05, 4.69) is 5.32 Å². The van der Waals surface area contributed by atoms with Gasteiger partial charge in [0.1, 0.15) is 0 Å². The van der Waals surface area contributed by atoms with E-state index in [0.717, 1.165) is 4.88 Å². The summed E-state index contributed by atoms with van der Waals surface area (Å²) in [5, 5.41) is 14.8. The first-order valence-corrected chi connectivity index (χ1v) is 7.91. The average molecular weight is 333 g/mol. The lowest BCUT2D eigenvalue weighted by Gasteiger charge is -2.14. The molecule has 2 N–H and O–H groups in total. The molecule has 0 spiro atoms. The monoisotopic (exact) mass is 333 g/mol. The van der Waals surface area contributed by atoms with E-state index in [-0.39, 0.29) is 12.5 Å². The zero-order valence-corrected chi connectivity index (χ0v) is 13.8. The molecule has 1 heterocycles. The van der Waals surface area contributed by atoms with Crippen molar-refractivity contribution in [2.24, 2.45) is 0 Å². The molecule has 0 saturated heterocycles. The first-order valence-electron chi connectivity index (χ1n) is 7.03. The minimum atomic E-state index is -0.825. The van der Waals surface area contributed by atoms with E-state index in [1.54, 1.807) is 42.7 Å². The number of nitrogens with one attached hydrogen (secondary N) is 1. The minimum Gasteiger partial charge on any atom is -0.493 e. The zero-order valence-electron chi connectivity index (χ0n) is 13.0. The van der Waals surface area contributed by atoms with E-state index in [4.69, 9.17) is 9.47 Å². The smallest absolute Gasteiger partial charge is 0.244 e. The van der Waals surface area contributed by atoms with Gasteiger partial charge < -0.3 is 19.9 Å². The van der Waals surface area contributed by atoms with E-state index in [0.29, 0.717) is 17.1 Å². The summed E-state index contributed by atoms with van der Waals surface area (Å²) in [6, 6.07) is 8.99. The Morgan fingerprint density at radius 3 is 2.74 bits per heavy atom. The lowest BCUT2D eigenvalue weighted by Crippen LogP contribution is -2.26. The number of methoxy groups -OCH3 is 2. The molecule has 0 aliphatic carbocycles. The van der Waals surface area contributed by atoms with Crippen molar-refractivity contribution in [3.8, 4) is 11.5 Å². The quantitative estimate of drug-likeness (QED) is 0.765. The van der Waals surface area contributed by atoms with Gasteiger partial charge in [-0.25, -0.2) is 0 Å². The molecule has 1 aromatic heterocycles. The van der Waals surface area contributed by atoms with Gasteiger partial charge in [-0.05, 0) is 35.2 Å². The van der Waals surface area contributed by atoms with Crippen LogP contribution < -0.4 is 14.8 Å². The molecule has 122 valence electrons. The standard InChI is InChI=1S/C17H19NO4S/c1-21-15-7-5-12(10-16(15)22-2)14(19)11-18-17(20)8-6-13-4-3-9-23-13/h3-10,14,19H,11H2,1-2H3,(H,18,20)/b8-6+. The molecule has 0 aliphatic heterocycles. The van der Waals surface area contributed by atoms with Crippen LogP contribution in [0.2, 0.25) is 0 Å². The third-order valence-corrected chi connectivity index (χ3v) is 4.04. The molecule has 23 heavy (non-hydrogen) atoms. The Morgan fingerprint density at radius 1 is 1.30 bits per heavy atom. The Hall–Kier alpha value is -2.31. The molecule has 1 amide bonds. The fourth-order valence-corrected chi connectivity index (χ4v) is 2.60. The Morgan fingerprint density at radius 2 is 2.09 bits per heavy atom. The number of rotatable bonds is 7. The van der Waals surface area contributed by atoms with Crippen LogP contribution in [0.1, 0.15) is 16.5 Å². The maximum atomic E-state index is 11.7. The number of ether oxygens (including phenoxy) is 2. The van der Waals surface area contributed by atoms with Crippen molar-refractivity contribution >= 4 is 23.3 Å². The van der Waals surface area contributed by atoms with E-state index >= 15 is 0 Å². The van der Waals surface area contributed by atoms with Crippen LogP contribution in [-0.2, 0) is 4.79 Å². The van der Waals surface area contributed by atoms with Crippen molar-refractivity contribution < 1.29 is 19.4 Å². The third kappa shape index (κ3) is 4.84. The van der Waals surface area contributed by atoms with E-state index in [1.165, 1.54) is 13.2 Å². The molecule has 2 rings (SSSR count). The summed E-state index contributed by atoms with van der Waals surface area (Å²) in [6.07, 6.45) is 2.37. The first kappa shape index (κ1) is 17.1. The molecule has 1 atom stereocenters. The molecule has 2 aromatic rings. The molecular weight excluding hydrogens is 314 g/mol. The van der Waals surface area contributed by atoms with E-state index in [1.807, 2.05) is 17.5 Å². The first-order chi connectivity index (χ1) is 11.1. The highest BCUT2D eigenvalue weighted by Gasteiger charge is 2.12. The summed E-state index contributed by atoms with van der Waals surface area (Å²) < 4.78 is 10.4. The van der Waals surface area contributed by atoms with Crippen LogP contribution in [0.15, 0.2) is 41.8 Å². The van der Waals surface area contributed by atoms with Gasteiger partial charge in [0.2, 0.25) is 5.91 Å². The number of hydrogen-bond donors (Lipinski definition) is 2. The van der Waals surface area contributed by atoms with Crippen LogP contribution in [0.4, 0.5) is 0 Å². The second-order valence-corrected chi connectivity index (χ2v) is 5.70. The number of aliphatic hydroxyl groups excluding tert-OH is 1. The Labute approximate surface area is 139 Å². The fourth-order valence-electron chi connectivity index (χ4n) is 1.98. The molecule has 1 aromatic carbocycles. The molecule has 0 radical (unpaired) electrons. The molecule has 6 heteroatoms. The SMILES string of the molecule is COc1ccc(C(O)CNC(=O)/C=C/c2cccs2)cc1OC. The number of benzene rings is 1. The Balaban J connectivity index is 1.91. The van der Waals surface area contributed by atoms with Crippen LogP contribution in [0.25, 0.3) is 6.08 Å². The maximum absolute atomic E-state index is 11.7. The number of carbonyl (C=O) groups excluding carboxylic acids is 1. The summed E-state index contributed by atoms with van der Waals surface area (Å²) in [6.45, 7) is 0.114. The van der Waals surface area contributed by atoms with Gasteiger partial charge in [-0.2, -0.15) is 0 Å². The van der Waals surface area contributed by atoms with Crippen LogP contribution in [0.3, 0.4) is 0 Å². The second-order valence-electron chi connectivity index (χ2n) is 4.72. The highest BCUT2D eigenvalue weighted by molar-refractivity contribution is 7.10. The fraction of sp³-hybridized carbons (Fsp3) is 0.235. The van der Waals surface area contributed by atoms with Crippen LogP contribution in [0.5, 0.6) is 11.5 Å². The number of carbonyl (C=O) groups is 1. The lowest BCUT2D eigenvalue weighted by molar-refractivity contribution is -0.116. The minimum absolute atomic E-state index is 0.114. The third-order valence-electron chi connectivity index (χ3n) is 3.20. The molecular formula is C17H19NO4S. The van der Waals surface area contributed by atoms with E-state index < -0.39 is 6.10 Å². The van der Waals surface area contributed by atoms with Gasteiger partial charge >= 0.3 is 0 Å². The zero-order chi connectivity index (χ0) is 16.7. The number of thiophene rings is 1. The van der Waals surface area contributed by atoms with Crippen molar-refractivity contribution in [1.82, 2.24) is 5.32 Å². The molecule has 1 unspecified atom stereocenters. The van der Waals surface area contributed by atoms with Crippen LogP contribution in [-0.4, -0.2) is 31.8 Å². The average Bonchev–Trinajstić information content (AvgIpc) is 3.10. The Kier molecular flexibility index (Phi) is 6.19. The predicted molar refractivity (Wildman–Crippen MR) is 90.9 cm³/mol. The van der Waals surface area contributed by atoms with Crippen molar-refractivity contribution in [3.05, 3.63) is 52.2 Å². The van der Waals surface area contributed by atoms with Gasteiger partial charge in [-0.3, -0.25) is 4.79 Å². The van der Waals surface area contributed by atoms with Gasteiger partial charge in [0.05, 0.1) is 20.3 Å². The molecule has 0 bridgehead atoms. The summed E-state index contributed by atoms with van der Waals surface area (Å²) in [4.78, 5) is 12.7. The molecule has 0 saturated carbocycles. The lowest BCUT2D eigenvalue weighted by atomic mass is 10.1. The highest BCUT2D eigenvalue weighted by Crippen LogP contribution is 2.29. The van der Waals surface area contributed by atoms with Gasteiger partial charge in [0, 0.05) is 17.5 Å². The molecule has 5 nitrogen and oxygen atoms in total. The number of aliphatic hydroxyl groups is 1. The van der Waals surface area contributed by atoms with Crippen LogP contribution in [0, 0.1) is 0 Å². The summed E-state index contributed by atoms with van der Waals surface area (Å²) in [7, 11) is 3.08. The van der Waals surface area contributed by atoms with E-state index in [9.17, 15) is 9.90 Å². The molecule has 0 fully saturated rings. The van der Waals surface area contributed by atoms with Crippen LogP contribution >= 0.6 is 11.3 Å². The maximum Gasteiger partial charge on any atom is 0.244 e. The second kappa shape index (κ2) is 8.36. The van der Waals surface area contributed by atoms with Crippen molar-refractivity contribution in [1.29, 1.82) is 0 Å². The molecule has 0 aliphatic rings. The highest BCUT2D eigenvalue weighted by atomic mass is 32.1. The van der Waals surface area contributed by atoms with Gasteiger partial charge in [0.25, 0.3) is 0 Å². The summed E-state index contributed by atoms with van der Waals surface area (Å²) >= 11 is 1.55. The summed E-state index contributed by atoms with van der Waals surface area (Å²) in [5.74, 6) is 0.872. The Bertz CT molecular complexity index is 667. The predicted octanol–water partition coefficient (Wildman–Crippen LogP) is 2.63. The van der Waals surface area contributed by atoms with Gasteiger partial charge in [0.15, 0.2) is 11.5 Å². The van der Waals surface area contributed by atoms with Crippen molar-refractivity contribution in [3.63, 3.8) is 0 Å². The normalized spacial score (nSPS) is 12.1. The van der Waals surface area contributed by atoms with Crippen molar-refractivity contribution in [2.75, 3.05) is 20.8 Å². The number of hydrogen-bond acceptors (Lipinski definition) is 5.